The SMILES string of the molecule is COc1ccc(OCCOC(=O)c2cc(S(=O)(=O)NC(C)C)ccc2Br)cc1. The van der Waals surface area contributed by atoms with Gasteiger partial charge in [-0.1, -0.05) is 0 Å². The molecule has 0 aliphatic heterocycles. The van der Waals surface area contributed by atoms with Crippen molar-refractivity contribution in [3.05, 3.63) is 52.5 Å². The van der Waals surface area contributed by atoms with Crippen molar-refractivity contribution in [1.82, 2.24) is 4.72 Å². The number of benzene rings is 2. The number of hydrogen-bond acceptors (Lipinski definition) is 6. The van der Waals surface area contributed by atoms with Gasteiger partial charge in [0.1, 0.15) is 24.7 Å². The van der Waals surface area contributed by atoms with Crippen molar-refractivity contribution >= 4 is 31.9 Å². The van der Waals surface area contributed by atoms with Gasteiger partial charge in [-0.25, -0.2) is 17.9 Å². The van der Waals surface area contributed by atoms with Crippen LogP contribution in [0.2, 0.25) is 0 Å². The first-order valence-corrected chi connectivity index (χ1v) is 10.8. The van der Waals surface area contributed by atoms with Gasteiger partial charge in [0.05, 0.1) is 17.6 Å². The molecule has 2 rings (SSSR count). The van der Waals surface area contributed by atoms with Crippen molar-refractivity contribution in [3.8, 4) is 11.5 Å². The molecule has 0 saturated heterocycles. The fourth-order valence-corrected chi connectivity index (χ4v) is 3.94. The van der Waals surface area contributed by atoms with E-state index in [4.69, 9.17) is 14.2 Å². The Morgan fingerprint density at radius 2 is 1.71 bits per heavy atom. The van der Waals surface area contributed by atoms with Gasteiger partial charge < -0.3 is 14.2 Å². The molecule has 9 heteroatoms. The van der Waals surface area contributed by atoms with Gasteiger partial charge in [0.25, 0.3) is 0 Å². The zero-order valence-electron chi connectivity index (χ0n) is 15.8. The Balaban J connectivity index is 1.96. The second kappa shape index (κ2) is 9.90. The first kappa shape index (κ1) is 22.2. The Morgan fingerprint density at radius 1 is 1.07 bits per heavy atom. The number of ether oxygens (including phenoxy) is 3. The highest BCUT2D eigenvalue weighted by Gasteiger charge is 2.20. The van der Waals surface area contributed by atoms with E-state index >= 15 is 0 Å². The second-order valence-electron chi connectivity index (χ2n) is 6.08. The lowest BCUT2D eigenvalue weighted by molar-refractivity contribution is 0.0449. The Hall–Kier alpha value is -2.10. The van der Waals surface area contributed by atoms with Gasteiger partial charge in [0, 0.05) is 10.5 Å². The zero-order chi connectivity index (χ0) is 20.7. The molecule has 0 aromatic heterocycles. The van der Waals surface area contributed by atoms with Crippen LogP contribution in [-0.2, 0) is 14.8 Å². The summed E-state index contributed by atoms with van der Waals surface area (Å²) in [6, 6.07) is 10.9. The summed E-state index contributed by atoms with van der Waals surface area (Å²) in [4.78, 5) is 12.3. The van der Waals surface area contributed by atoms with Gasteiger partial charge >= 0.3 is 5.97 Å². The molecule has 0 aliphatic carbocycles. The fraction of sp³-hybridized carbons (Fsp3) is 0.316. The summed E-state index contributed by atoms with van der Waals surface area (Å²) in [5.74, 6) is 0.683. The summed E-state index contributed by atoms with van der Waals surface area (Å²) >= 11 is 3.25. The van der Waals surface area contributed by atoms with Crippen LogP contribution in [0.3, 0.4) is 0 Å². The van der Waals surface area contributed by atoms with Crippen LogP contribution in [0.25, 0.3) is 0 Å². The van der Waals surface area contributed by atoms with Crippen molar-refractivity contribution < 1.29 is 27.4 Å². The van der Waals surface area contributed by atoms with E-state index in [2.05, 4.69) is 20.7 Å². The van der Waals surface area contributed by atoms with E-state index in [9.17, 15) is 13.2 Å². The summed E-state index contributed by atoms with van der Waals surface area (Å²) in [5.41, 5.74) is 0.121. The molecule has 0 radical (unpaired) electrons. The number of sulfonamides is 1. The lowest BCUT2D eigenvalue weighted by Crippen LogP contribution is -2.30. The van der Waals surface area contributed by atoms with Crippen LogP contribution in [0.1, 0.15) is 24.2 Å². The molecule has 0 heterocycles. The van der Waals surface area contributed by atoms with Crippen LogP contribution in [0.15, 0.2) is 51.8 Å². The molecule has 0 amide bonds. The number of carbonyl (C=O) groups is 1. The number of carbonyl (C=O) groups excluding carboxylic acids is 1. The monoisotopic (exact) mass is 471 g/mol. The van der Waals surface area contributed by atoms with E-state index in [-0.39, 0.29) is 29.7 Å². The van der Waals surface area contributed by atoms with Crippen molar-refractivity contribution in [2.24, 2.45) is 0 Å². The molecule has 0 saturated carbocycles. The van der Waals surface area contributed by atoms with Crippen LogP contribution >= 0.6 is 15.9 Å². The van der Waals surface area contributed by atoms with Crippen molar-refractivity contribution in [3.63, 3.8) is 0 Å². The van der Waals surface area contributed by atoms with Crippen molar-refractivity contribution in [2.45, 2.75) is 24.8 Å². The van der Waals surface area contributed by atoms with Crippen LogP contribution in [0.5, 0.6) is 11.5 Å². The summed E-state index contributed by atoms with van der Waals surface area (Å²) < 4.78 is 43.2. The van der Waals surface area contributed by atoms with Gasteiger partial charge in [-0.3, -0.25) is 0 Å². The quantitative estimate of drug-likeness (QED) is 0.445. The molecular formula is C19H22BrNO6S. The van der Waals surface area contributed by atoms with Crippen LogP contribution < -0.4 is 14.2 Å². The van der Waals surface area contributed by atoms with E-state index in [0.29, 0.717) is 16.0 Å². The highest BCUT2D eigenvalue weighted by Crippen LogP contribution is 2.22. The Bertz CT molecular complexity index is 913. The average molecular weight is 472 g/mol. The van der Waals surface area contributed by atoms with Gasteiger partial charge in [-0.15, -0.1) is 0 Å². The van der Waals surface area contributed by atoms with Crippen LogP contribution in [0, 0.1) is 0 Å². The molecule has 28 heavy (non-hydrogen) atoms. The molecule has 0 bridgehead atoms. The van der Waals surface area contributed by atoms with Gasteiger partial charge in [-0.2, -0.15) is 0 Å². The van der Waals surface area contributed by atoms with E-state index < -0.39 is 16.0 Å². The van der Waals surface area contributed by atoms with Crippen molar-refractivity contribution in [1.29, 1.82) is 0 Å². The molecule has 2 aromatic carbocycles. The molecule has 0 atom stereocenters. The summed E-state index contributed by atoms with van der Waals surface area (Å²) in [6.45, 7) is 3.60. The van der Waals surface area contributed by atoms with E-state index in [1.165, 1.54) is 18.2 Å². The van der Waals surface area contributed by atoms with Crippen LogP contribution in [-0.4, -0.2) is 40.8 Å². The lowest BCUT2D eigenvalue weighted by Gasteiger charge is -2.12. The molecule has 0 unspecified atom stereocenters. The Labute approximate surface area is 173 Å². The minimum atomic E-state index is -3.71. The maximum Gasteiger partial charge on any atom is 0.339 e. The molecular weight excluding hydrogens is 450 g/mol. The zero-order valence-corrected chi connectivity index (χ0v) is 18.2. The van der Waals surface area contributed by atoms with Gasteiger partial charge in [-0.05, 0) is 72.2 Å². The third kappa shape index (κ3) is 6.22. The first-order chi connectivity index (χ1) is 13.2. The largest absolute Gasteiger partial charge is 0.497 e. The maximum absolute atomic E-state index is 12.3. The minimum Gasteiger partial charge on any atom is -0.497 e. The molecule has 2 aromatic rings. The Morgan fingerprint density at radius 3 is 2.32 bits per heavy atom. The molecule has 0 fully saturated rings. The van der Waals surface area contributed by atoms with Gasteiger partial charge in [0.2, 0.25) is 10.0 Å². The third-order valence-corrected chi connectivity index (χ3v) is 5.85. The van der Waals surface area contributed by atoms with E-state index in [1.54, 1.807) is 45.2 Å². The highest BCUT2D eigenvalue weighted by molar-refractivity contribution is 9.10. The van der Waals surface area contributed by atoms with Crippen LogP contribution in [0.4, 0.5) is 0 Å². The van der Waals surface area contributed by atoms with Crippen molar-refractivity contribution in [2.75, 3.05) is 20.3 Å². The standard InChI is InChI=1S/C19H22BrNO6S/c1-13(2)21-28(23,24)16-8-9-18(20)17(12-16)19(22)27-11-10-26-15-6-4-14(25-3)5-7-15/h4-9,12-13,21H,10-11H2,1-3H3. The molecule has 152 valence electrons. The summed E-state index contributed by atoms with van der Waals surface area (Å²) in [6.07, 6.45) is 0. The molecule has 1 N–H and O–H groups in total. The number of halogens is 1. The first-order valence-electron chi connectivity index (χ1n) is 8.49. The topological polar surface area (TPSA) is 90.9 Å². The highest BCUT2D eigenvalue weighted by atomic mass is 79.9. The smallest absolute Gasteiger partial charge is 0.339 e. The second-order valence-corrected chi connectivity index (χ2v) is 8.65. The number of methoxy groups -OCH3 is 1. The number of hydrogen-bond donors (Lipinski definition) is 1. The third-order valence-electron chi connectivity index (χ3n) is 3.50. The maximum atomic E-state index is 12.3. The molecule has 7 nitrogen and oxygen atoms in total. The summed E-state index contributed by atoms with van der Waals surface area (Å²) in [5, 5.41) is 0. The number of esters is 1. The molecule has 0 aliphatic rings. The predicted molar refractivity (Wildman–Crippen MR) is 108 cm³/mol. The van der Waals surface area contributed by atoms with E-state index in [0.717, 1.165) is 0 Å². The fourth-order valence-electron chi connectivity index (χ4n) is 2.25. The normalized spacial score (nSPS) is 11.3. The molecule has 0 spiro atoms. The number of nitrogens with one attached hydrogen (secondary N) is 1. The minimum absolute atomic E-state index is 0.00849. The van der Waals surface area contributed by atoms with E-state index in [1.807, 2.05) is 0 Å². The number of rotatable bonds is 9. The predicted octanol–water partition coefficient (Wildman–Crippen LogP) is 3.38. The average Bonchev–Trinajstić information content (AvgIpc) is 2.64. The van der Waals surface area contributed by atoms with Gasteiger partial charge in [0.15, 0.2) is 0 Å². The summed E-state index contributed by atoms with van der Waals surface area (Å²) in [7, 11) is -2.14. The Kier molecular flexibility index (Phi) is 7.85. The lowest BCUT2D eigenvalue weighted by atomic mass is 10.2.